The molecule has 0 heterocycles. The lowest BCUT2D eigenvalue weighted by Crippen LogP contribution is -2.02. The van der Waals surface area contributed by atoms with Crippen molar-refractivity contribution in [1.82, 2.24) is 0 Å². The zero-order valence-corrected chi connectivity index (χ0v) is 13.2. The van der Waals surface area contributed by atoms with Crippen LogP contribution in [0, 0.1) is 6.92 Å². The molecule has 2 aromatic rings. The maximum absolute atomic E-state index is 6.01. The molecule has 4 heteroatoms. The van der Waals surface area contributed by atoms with E-state index in [4.69, 9.17) is 16.3 Å². The molecule has 0 saturated heterocycles. The molecule has 2 rings (SSSR count). The van der Waals surface area contributed by atoms with Crippen LogP contribution in [-0.2, 0) is 6.54 Å². The van der Waals surface area contributed by atoms with E-state index in [1.165, 1.54) is 5.56 Å². The highest BCUT2D eigenvalue weighted by atomic mass is 79.9. The fraction of sp³-hybridized carbons (Fsp3) is 0.200. The molecule has 0 aliphatic heterocycles. The minimum absolute atomic E-state index is 0.666. The van der Waals surface area contributed by atoms with Gasteiger partial charge in [0.1, 0.15) is 5.75 Å². The molecule has 19 heavy (non-hydrogen) atoms. The smallest absolute Gasteiger partial charge is 0.123 e. The molecule has 2 aromatic carbocycles. The Morgan fingerprint density at radius 1 is 1.21 bits per heavy atom. The number of rotatable bonds is 4. The molecule has 0 atom stereocenters. The van der Waals surface area contributed by atoms with Crippen LogP contribution in [0.2, 0.25) is 5.02 Å². The third-order valence-corrected chi connectivity index (χ3v) is 3.99. The van der Waals surface area contributed by atoms with Gasteiger partial charge in [-0.3, -0.25) is 0 Å². The van der Waals surface area contributed by atoms with Crippen molar-refractivity contribution >= 4 is 33.2 Å². The summed E-state index contributed by atoms with van der Waals surface area (Å²) in [5.74, 6) is 0.836. The van der Waals surface area contributed by atoms with E-state index >= 15 is 0 Å². The Labute approximate surface area is 126 Å². The topological polar surface area (TPSA) is 21.3 Å². The second kappa shape index (κ2) is 6.31. The highest BCUT2D eigenvalue weighted by Gasteiger charge is 2.04. The van der Waals surface area contributed by atoms with Gasteiger partial charge in [-0.1, -0.05) is 33.6 Å². The highest BCUT2D eigenvalue weighted by Crippen LogP contribution is 2.25. The maximum atomic E-state index is 6.01. The lowest BCUT2D eigenvalue weighted by molar-refractivity contribution is 0.410. The van der Waals surface area contributed by atoms with Crippen LogP contribution >= 0.6 is 27.5 Å². The quantitative estimate of drug-likeness (QED) is 0.842. The third kappa shape index (κ3) is 3.64. The van der Waals surface area contributed by atoms with Gasteiger partial charge in [-0.05, 0) is 42.8 Å². The number of hydrogen-bond acceptors (Lipinski definition) is 2. The van der Waals surface area contributed by atoms with Gasteiger partial charge in [0.2, 0.25) is 0 Å². The summed E-state index contributed by atoms with van der Waals surface area (Å²) in [6.45, 7) is 2.73. The van der Waals surface area contributed by atoms with E-state index < -0.39 is 0 Å². The summed E-state index contributed by atoms with van der Waals surface area (Å²) in [7, 11) is 1.66. The van der Waals surface area contributed by atoms with E-state index in [0.717, 1.165) is 21.5 Å². The van der Waals surface area contributed by atoms with Gasteiger partial charge in [0.25, 0.3) is 0 Å². The largest absolute Gasteiger partial charge is 0.496 e. The first-order chi connectivity index (χ1) is 9.10. The van der Waals surface area contributed by atoms with E-state index in [2.05, 4.69) is 46.4 Å². The Morgan fingerprint density at radius 3 is 2.68 bits per heavy atom. The maximum Gasteiger partial charge on any atom is 0.123 e. The Bertz CT molecular complexity index is 586. The summed E-state index contributed by atoms with van der Waals surface area (Å²) in [5, 5.41) is 4.07. The van der Waals surface area contributed by atoms with Gasteiger partial charge in [-0.25, -0.2) is 0 Å². The van der Waals surface area contributed by atoms with Gasteiger partial charge in [0.05, 0.1) is 7.11 Å². The predicted octanol–water partition coefficient (Wildman–Crippen LogP) is 5.03. The summed E-state index contributed by atoms with van der Waals surface area (Å²) >= 11 is 9.54. The van der Waals surface area contributed by atoms with Crippen LogP contribution in [0.25, 0.3) is 0 Å². The van der Waals surface area contributed by atoms with Crippen LogP contribution in [0.3, 0.4) is 0 Å². The van der Waals surface area contributed by atoms with Crippen molar-refractivity contribution in [3.63, 3.8) is 0 Å². The van der Waals surface area contributed by atoms with Crippen LogP contribution < -0.4 is 10.1 Å². The fourth-order valence-corrected chi connectivity index (χ4v) is 2.36. The van der Waals surface area contributed by atoms with Crippen molar-refractivity contribution in [2.24, 2.45) is 0 Å². The third-order valence-electron chi connectivity index (χ3n) is 2.90. The molecular weight excluding hydrogens is 326 g/mol. The summed E-state index contributed by atoms with van der Waals surface area (Å²) < 4.78 is 6.42. The lowest BCUT2D eigenvalue weighted by Gasteiger charge is -2.12. The molecule has 2 nitrogen and oxygen atoms in total. The van der Waals surface area contributed by atoms with Gasteiger partial charge in [-0.2, -0.15) is 0 Å². The van der Waals surface area contributed by atoms with Crippen LogP contribution in [0.5, 0.6) is 5.75 Å². The van der Waals surface area contributed by atoms with Crippen LogP contribution in [0.1, 0.15) is 11.1 Å². The molecular formula is C15H15BrClNO. The average Bonchev–Trinajstić information content (AvgIpc) is 2.40. The SMILES string of the molecule is COc1ccc(Cl)cc1CNc1ccc(C)c(Br)c1. The molecule has 0 saturated carbocycles. The molecule has 0 aromatic heterocycles. The predicted molar refractivity (Wildman–Crippen MR) is 84.2 cm³/mol. The summed E-state index contributed by atoms with van der Waals surface area (Å²) in [6.07, 6.45) is 0. The first-order valence-corrected chi connectivity index (χ1v) is 7.09. The number of nitrogens with one attached hydrogen (secondary N) is 1. The first-order valence-electron chi connectivity index (χ1n) is 5.92. The monoisotopic (exact) mass is 339 g/mol. The standard InChI is InChI=1S/C15H15BrClNO/c1-10-3-5-13(8-14(10)16)18-9-11-7-12(17)4-6-15(11)19-2/h3-8,18H,9H2,1-2H3. The van der Waals surface area contributed by atoms with Crippen LogP contribution in [0.15, 0.2) is 40.9 Å². The molecule has 0 unspecified atom stereocenters. The molecule has 0 amide bonds. The molecule has 0 radical (unpaired) electrons. The zero-order chi connectivity index (χ0) is 13.8. The van der Waals surface area contributed by atoms with Crippen LogP contribution in [-0.4, -0.2) is 7.11 Å². The number of aryl methyl sites for hydroxylation is 1. The normalized spacial score (nSPS) is 10.3. The van der Waals surface area contributed by atoms with E-state index in [1.807, 2.05) is 18.2 Å². The van der Waals surface area contributed by atoms with E-state index in [-0.39, 0.29) is 0 Å². The molecule has 0 aliphatic carbocycles. The second-order valence-corrected chi connectivity index (χ2v) is 5.56. The van der Waals surface area contributed by atoms with E-state index in [0.29, 0.717) is 11.6 Å². The van der Waals surface area contributed by atoms with Gasteiger partial charge < -0.3 is 10.1 Å². The number of hydrogen-bond donors (Lipinski definition) is 1. The fourth-order valence-electron chi connectivity index (χ4n) is 1.79. The highest BCUT2D eigenvalue weighted by molar-refractivity contribution is 9.10. The summed E-state index contributed by atoms with van der Waals surface area (Å²) in [6, 6.07) is 11.8. The Hall–Kier alpha value is -1.19. The van der Waals surface area contributed by atoms with Crippen molar-refractivity contribution in [3.8, 4) is 5.75 Å². The zero-order valence-electron chi connectivity index (χ0n) is 10.8. The molecule has 0 aliphatic rings. The number of benzene rings is 2. The number of methoxy groups -OCH3 is 1. The van der Waals surface area contributed by atoms with Gasteiger partial charge >= 0.3 is 0 Å². The molecule has 1 N–H and O–H groups in total. The Balaban J connectivity index is 2.13. The van der Waals surface area contributed by atoms with E-state index in [9.17, 15) is 0 Å². The number of ether oxygens (including phenoxy) is 1. The minimum Gasteiger partial charge on any atom is -0.496 e. The second-order valence-electron chi connectivity index (χ2n) is 4.27. The molecule has 0 bridgehead atoms. The van der Waals surface area contributed by atoms with E-state index in [1.54, 1.807) is 7.11 Å². The van der Waals surface area contributed by atoms with Crippen LogP contribution in [0.4, 0.5) is 5.69 Å². The summed E-state index contributed by atoms with van der Waals surface area (Å²) in [5.41, 5.74) is 3.30. The number of halogens is 2. The molecule has 0 spiro atoms. The molecule has 0 fully saturated rings. The minimum atomic E-state index is 0.666. The van der Waals surface area contributed by atoms with Gasteiger partial charge in [0.15, 0.2) is 0 Å². The van der Waals surface area contributed by atoms with Gasteiger partial charge in [0, 0.05) is 27.3 Å². The number of anilines is 1. The van der Waals surface area contributed by atoms with Crippen molar-refractivity contribution in [1.29, 1.82) is 0 Å². The summed E-state index contributed by atoms with van der Waals surface area (Å²) in [4.78, 5) is 0. The Morgan fingerprint density at radius 2 is 2.00 bits per heavy atom. The van der Waals surface area contributed by atoms with Crippen molar-refractivity contribution in [2.75, 3.05) is 12.4 Å². The average molecular weight is 341 g/mol. The first kappa shape index (κ1) is 14.2. The van der Waals surface area contributed by atoms with Crippen molar-refractivity contribution in [2.45, 2.75) is 13.5 Å². The van der Waals surface area contributed by atoms with Crippen molar-refractivity contribution < 1.29 is 4.74 Å². The Kier molecular flexibility index (Phi) is 4.72. The van der Waals surface area contributed by atoms with Crippen molar-refractivity contribution in [3.05, 3.63) is 57.0 Å². The van der Waals surface area contributed by atoms with Gasteiger partial charge in [-0.15, -0.1) is 0 Å². The lowest BCUT2D eigenvalue weighted by atomic mass is 10.2. The molecule has 100 valence electrons.